The number of benzene rings is 2. The highest BCUT2D eigenvalue weighted by molar-refractivity contribution is 5.63. The summed E-state index contributed by atoms with van der Waals surface area (Å²) in [5.41, 5.74) is 4.71. The first-order valence-electron chi connectivity index (χ1n) is 10.3. The van der Waals surface area contributed by atoms with Crippen molar-refractivity contribution < 1.29 is 22.3 Å². The van der Waals surface area contributed by atoms with Crippen LogP contribution < -0.4 is 4.74 Å². The highest BCUT2D eigenvalue weighted by Gasteiger charge is 2.28. The van der Waals surface area contributed by atoms with Crippen molar-refractivity contribution in [1.82, 2.24) is 29.5 Å². The zero-order valence-corrected chi connectivity index (χ0v) is 17.4. The molecule has 1 aliphatic heterocycles. The Labute approximate surface area is 190 Å². The van der Waals surface area contributed by atoms with E-state index in [-0.39, 0.29) is 11.6 Å². The zero-order valence-electron chi connectivity index (χ0n) is 17.4. The second-order valence-electron chi connectivity index (χ2n) is 7.65. The number of hydrogen-bond acceptors (Lipinski definition) is 6. The van der Waals surface area contributed by atoms with Crippen molar-refractivity contribution in [2.45, 2.75) is 19.5 Å². The quantitative estimate of drug-likeness (QED) is 0.377. The Morgan fingerprint density at radius 2 is 1.88 bits per heavy atom. The van der Waals surface area contributed by atoms with Crippen molar-refractivity contribution in [2.75, 3.05) is 0 Å². The number of fused-ring (bicyclic) bond motifs is 5. The number of oxazole rings is 1. The van der Waals surface area contributed by atoms with Crippen LogP contribution in [0.25, 0.3) is 23.0 Å². The second kappa shape index (κ2) is 7.87. The van der Waals surface area contributed by atoms with E-state index in [1.165, 1.54) is 36.7 Å². The molecular weight excluding hydrogens is 449 g/mol. The van der Waals surface area contributed by atoms with E-state index in [9.17, 15) is 13.2 Å². The van der Waals surface area contributed by atoms with Gasteiger partial charge in [0, 0.05) is 18.9 Å². The van der Waals surface area contributed by atoms with Crippen LogP contribution in [0, 0.1) is 5.82 Å². The minimum absolute atomic E-state index is 0.00762. The maximum Gasteiger partial charge on any atom is 0.387 e. The first-order valence-corrected chi connectivity index (χ1v) is 10.3. The fraction of sp³-hybridized carbons (Fsp3) is 0.130. The lowest BCUT2D eigenvalue weighted by molar-refractivity contribution is -0.0498. The number of rotatable bonds is 5. The van der Waals surface area contributed by atoms with E-state index in [4.69, 9.17) is 4.42 Å². The van der Waals surface area contributed by atoms with Gasteiger partial charge in [-0.2, -0.15) is 8.78 Å². The molecule has 5 aromatic rings. The molecule has 0 radical (unpaired) electrons. The summed E-state index contributed by atoms with van der Waals surface area (Å²) in [7, 11) is 0. The summed E-state index contributed by atoms with van der Waals surface area (Å²) in [6.07, 6.45) is 5.39. The van der Waals surface area contributed by atoms with E-state index in [2.05, 4.69) is 25.0 Å². The number of ether oxygens (including phenoxy) is 1. The van der Waals surface area contributed by atoms with E-state index in [1.54, 1.807) is 29.2 Å². The van der Waals surface area contributed by atoms with Crippen LogP contribution in [0.2, 0.25) is 0 Å². The Kier molecular flexibility index (Phi) is 4.68. The lowest BCUT2D eigenvalue weighted by Gasteiger charge is -2.12. The van der Waals surface area contributed by atoms with Gasteiger partial charge < -0.3 is 9.15 Å². The van der Waals surface area contributed by atoms with Crippen LogP contribution in [-0.2, 0) is 12.8 Å². The molecule has 0 bridgehead atoms. The van der Waals surface area contributed by atoms with Gasteiger partial charge in [0.1, 0.15) is 29.9 Å². The predicted molar refractivity (Wildman–Crippen MR) is 113 cm³/mol. The highest BCUT2D eigenvalue weighted by Crippen LogP contribution is 2.35. The zero-order chi connectivity index (χ0) is 23.2. The molecule has 0 saturated heterocycles. The molecule has 34 heavy (non-hydrogen) atoms. The smallest absolute Gasteiger partial charge is 0.387 e. The van der Waals surface area contributed by atoms with Gasteiger partial charge in [-0.25, -0.2) is 19.0 Å². The third kappa shape index (κ3) is 3.41. The van der Waals surface area contributed by atoms with Gasteiger partial charge in [0.25, 0.3) is 0 Å². The number of hydrogen-bond donors (Lipinski definition) is 0. The van der Waals surface area contributed by atoms with Gasteiger partial charge in [-0.15, -0.1) is 5.10 Å². The van der Waals surface area contributed by atoms with Crippen LogP contribution in [0.5, 0.6) is 5.75 Å². The van der Waals surface area contributed by atoms with E-state index in [0.29, 0.717) is 41.5 Å². The van der Waals surface area contributed by atoms with E-state index >= 15 is 0 Å². The molecular formula is C23H15F3N6O2. The molecule has 6 rings (SSSR count). The molecule has 0 unspecified atom stereocenters. The average molecular weight is 464 g/mol. The summed E-state index contributed by atoms with van der Waals surface area (Å²) in [5, 5.41) is 8.68. The van der Waals surface area contributed by atoms with Crippen molar-refractivity contribution >= 4 is 0 Å². The SMILES string of the molecule is Fc1ccc(Cc2nnn3c2Cc2c(-c4ncco4)ncn2-c2ccc(OC(F)F)cc2-3)cc1. The van der Waals surface area contributed by atoms with Crippen molar-refractivity contribution in [3.05, 3.63) is 89.7 Å². The third-order valence-electron chi connectivity index (χ3n) is 5.62. The number of aromatic nitrogens is 6. The van der Waals surface area contributed by atoms with Gasteiger partial charge in [-0.1, -0.05) is 17.3 Å². The molecule has 3 aromatic heterocycles. The molecule has 0 N–H and O–H groups in total. The molecule has 0 aliphatic carbocycles. The highest BCUT2D eigenvalue weighted by atomic mass is 19.3. The molecule has 0 spiro atoms. The summed E-state index contributed by atoms with van der Waals surface area (Å²) in [5.74, 6) is 0.0197. The number of halogens is 3. The Bertz CT molecular complexity index is 1480. The lowest BCUT2D eigenvalue weighted by Crippen LogP contribution is -2.06. The molecule has 0 fully saturated rings. The average Bonchev–Trinajstić information content (AvgIpc) is 3.55. The van der Waals surface area contributed by atoms with Crippen LogP contribution in [0.15, 0.2) is 65.7 Å². The van der Waals surface area contributed by atoms with Gasteiger partial charge in [0.2, 0.25) is 5.89 Å². The van der Waals surface area contributed by atoms with Crippen molar-refractivity contribution in [2.24, 2.45) is 0 Å². The first kappa shape index (κ1) is 20.2. The molecule has 4 heterocycles. The summed E-state index contributed by atoms with van der Waals surface area (Å²) in [6.45, 7) is -2.96. The number of imidazole rings is 1. The van der Waals surface area contributed by atoms with Crippen LogP contribution in [0.3, 0.4) is 0 Å². The predicted octanol–water partition coefficient (Wildman–Crippen LogP) is 4.34. The van der Waals surface area contributed by atoms with Crippen LogP contribution in [0.1, 0.15) is 22.6 Å². The molecule has 2 aromatic carbocycles. The standard InChI is InChI=1S/C23H15F3N6O2/c24-14-3-1-13(2-4-14)9-16-18-11-20-21(22-27-7-8-33-22)28-12-31(20)17-6-5-15(34-23(25)26)10-19(17)32(18)30-29-16/h1-8,10,12,23H,9,11H2. The fourth-order valence-electron chi connectivity index (χ4n) is 4.12. The first-order chi connectivity index (χ1) is 16.6. The normalized spacial score (nSPS) is 12.2. The lowest BCUT2D eigenvalue weighted by atomic mass is 10.1. The molecule has 0 amide bonds. The molecule has 0 saturated carbocycles. The summed E-state index contributed by atoms with van der Waals surface area (Å²) in [6, 6.07) is 10.7. The van der Waals surface area contributed by atoms with E-state index in [1.807, 2.05) is 4.57 Å². The molecule has 8 nitrogen and oxygen atoms in total. The van der Waals surface area contributed by atoms with Crippen molar-refractivity contribution in [3.63, 3.8) is 0 Å². The summed E-state index contributed by atoms with van der Waals surface area (Å²) < 4.78 is 52.7. The maximum absolute atomic E-state index is 13.4. The van der Waals surface area contributed by atoms with Crippen LogP contribution in [-0.4, -0.2) is 36.1 Å². The third-order valence-corrected chi connectivity index (χ3v) is 5.62. The molecule has 1 aliphatic rings. The summed E-state index contributed by atoms with van der Waals surface area (Å²) >= 11 is 0. The second-order valence-corrected chi connectivity index (χ2v) is 7.65. The van der Waals surface area contributed by atoms with Gasteiger partial charge in [0.15, 0.2) is 0 Å². The fourth-order valence-corrected chi connectivity index (χ4v) is 4.12. The van der Waals surface area contributed by atoms with Crippen LogP contribution in [0.4, 0.5) is 13.2 Å². The molecule has 0 atom stereocenters. The Morgan fingerprint density at radius 1 is 1.03 bits per heavy atom. The Morgan fingerprint density at radius 3 is 2.65 bits per heavy atom. The Hall–Kier alpha value is -4.41. The van der Waals surface area contributed by atoms with E-state index < -0.39 is 6.61 Å². The number of alkyl halides is 2. The van der Waals surface area contributed by atoms with E-state index in [0.717, 1.165) is 17.0 Å². The van der Waals surface area contributed by atoms with Gasteiger partial charge in [0.05, 0.1) is 34.7 Å². The van der Waals surface area contributed by atoms with Gasteiger partial charge >= 0.3 is 6.61 Å². The van der Waals surface area contributed by atoms with Crippen LogP contribution >= 0.6 is 0 Å². The van der Waals surface area contributed by atoms with Crippen molar-refractivity contribution in [3.8, 4) is 28.7 Å². The van der Waals surface area contributed by atoms with Crippen molar-refractivity contribution in [1.29, 1.82) is 0 Å². The summed E-state index contributed by atoms with van der Waals surface area (Å²) in [4.78, 5) is 8.72. The maximum atomic E-state index is 13.4. The minimum Gasteiger partial charge on any atom is -0.443 e. The monoisotopic (exact) mass is 464 g/mol. The molecule has 170 valence electrons. The minimum atomic E-state index is -2.96. The van der Waals surface area contributed by atoms with Gasteiger partial charge in [-0.3, -0.25) is 4.57 Å². The van der Waals surface area contributed by atoms with Gasteiger partial charge in [-0.05, 0) is 29.8 Å². The topological polar surface area (TPSA) is 83.8 Å². The Balaban J connectivity index is 1.53. The molecule has 11 heteroatoms. The number of nitrogens with zero attached hydrogens (tertiary/aromatic N) is 6. The largest absolute Gasteiger partial charge is 0.443 e.